The van der Waals surface area contributed by atoms with Crippen molar-refractivity contribution in [1.29, 1.82) is 0 Å². The van der Waals surface area contributed by atoms with Crippen LogP contribution in [0.4, 0.5) is 0 Å². The van der Waals surface area contributed by atoms with Crippen molar-refractivity contribution < 1.29 is 4.21 Å². The molecule has 3 heteroatoms. The molecule has 0 heterocycles. The second-order valence-corrected chi connectivity index (χ2v) is 10.9. The van der Waals surface area contributed by atoms with Crippen LogP contribution in [0.15, 0.2) is 11.5 Å². The molecule has 0 rings (SSSR count). The minimum atomic E-state index is -0.976. The molecule has 0 aromatic heterocycles. The third-order valence-electron chi connectivity index (χ3n) is 1.34. The fraction of sp³-hybridized carbons (Fsp3) is 0.750. The van der Waals surface area contributed by atoms with E-state index in [0.717, 1.165) is 11.8 Å². The van der Waals surface area contributed by atoms with Crippen LogP contribution >= 0.6 is 0 Å². The van der Waals surface area contributed by atoms with Gasteiger partial charge in [-0.25, -0.2) is 0 Å². The van der Waals surface area contributed by atoms with Crippen LogP contribution in [0.25, 0.3) is 0 Å². The van der Waals surface area contributed by atoms with Crippen molar-refractivity contribution in [2.75, 3.05) is 5.75 Å². The lowest BCUT2D eigenvalue weighted by atomic mass is 10.8. The average molecular weight is 190 g/mol. The summed E-state index contributed by atoms with van der Waals surface area (Å²) in [5.74, 6) is 0.847. The van der Waals surface area contributed by atoms with Crippen LogP contribution in [0.1, 0.15) is 6.92 Å². The smallest absolute Gasteiger partial charge is 0.0451 e. The summed E-state index contributed by atoms with van der Waals surface area (Å²) in [5.41, 5.74) is 0. The highest BCUT2D eigenvalue weighted by Crippen LogP contribution is 2.08. The van der Waals surface area contributed by atoms with Gasteiger partial charge < -0.3 is 0 Å². The molecule has 0 aromatic carbocycles. The maximum Gasteiger partial charge on any atom is 0.0451 e. The molecule has 0 aliphatic rings. The van der Waals surface area contributed by atoms with Gasteiger partial charge in [0, 0.05) is 24.6 Å². The molecule has 0 radical (unpaired) electrons. The molecule has 0 spiro atoms. The van der Waals surface area contributed by atoms with Gasteiger partial charge in [0.25, 0.3) is 0 Å². The zero-order valence-corrected chi connectivity index (χ0v) is 9.70. The van der Waals surface area contributed by atoms with Crippen LogP contribution in [0, 0.1) is 0 Å². The van der Waals surface area contributed by atoms with Crippen LogP contribution in [0.2, 0.25) is 25.7 Å². The number of allylic oxidation sites excluding steroid dienone is 1. The Labute approximate surface area is 73.4 Å². The van der Waals surface area contributed by atoms with Crippen molar-refractivity contribution in [3.63, 3.8) is 0 Å². The number of rotatable bonds is 4. The third kappa shape index (κ3) is 8.01. The summed E-state index contributed by atoms with van der Waals surface area (Å²) >= 11 is 0. The van der Waals surface area contributed by atoms with Gasteiger partial charge in [-0.05, 0) is 18.4 Å². The van der Waals surface area contributed by atoms with Crippen LogP contribution in [-0.2, 0) is 10.8 Å². The highest BCUT2D eigenvalue weighted by atomic mass is 32.2. The zero-order chi connectivity index (χ0) is 8.91. The fourth-order valence-corrected chi connectivity index (χ4v) is 4.32. The molecule has 0 aromatic rings. The predicted octanol–water partition coefficient (Wildman–Crippen LogP) is 2.61. The molecular weight excluding hydrogens is 172 g/mol. The van der Waals surface area contributed by atoms with E-state index in [1.54, 1.807) is 5.41 Å². The summed E-state index contributed by atoms with van der Waals surface area (Å²) in [5, 5.41) is 1.78. The molecule has 66 valence electrons. The Morgan fingerprint density at radius 2 is 1.91 bits per heavy atom. The summed E-state index contributed by atoms with van der Waals surface area (Å²) in [6.07, 6.45) is 1.86. The molecule has 1 nitrogen and oxygen atoms in total. The molecule has 0 aliphatic carbocycles. The first-order valence-electron chi connectivity index (χ1n) is 3.96. The third-order valence-corrected chi connectivity index (χ3v) is 4.64. The molecule has 11 heavy (non-hydrogen) atoms. The van der Waals surface area contributed by atoms with Gasteiger partial charge in [0.15, 0.2) is 0 Å². The monoisotopic (exact) mass is 190 g/mol. The van der Waals surface area contributed by atoms with Crippen LogP contribution in [0.3, 0.4) is 0 Å². The van der Waals surface area contributed by atoms with E-state index in [1.807, 2.05) is 13.0 Å². The molecule has 0 saturated heterocycles. The fourth-order valence-electron chi connectivity index (χ4n) is 0.627. The Bertz CT molecular complexity index is 158. The Hall–Kier alpha value is 0.107. The summed E-state index contributed by atoms with van der Waals surface area (Å²) in [6, 6.07) is 1.16. The first-order chi connectivity index (χ1) is 4.95. The van der Waals surface area contributed by atoms with Gasteiger partial charge in [-0.1, -0.05) is 25.7 Å². The summed E-state index contributed by atoms with van der Waals surface area (Å²) in [6.45, 7) is 8.83. The Morgan fingerprint density at radius 1 is 1.36 bits per heavy atom. The molecule has 0 aliphatic heterocycles. The Morgan fingerprint density at radius 3 is 2.27 bits per heavy atom. The standard InChI is InChI=1S/C8H18OSSi/c1-5-6-10(9)7-8-11(2,3)4/h5-6H,7-8H2,1-4H3/b6-5+. The van der Waals surface area contributed by atoms with Crippen molar-refractivity contribution in [3.8, 4) is 0 Å². The van der Waals surface area contributed by atoms with E-state index < -0.39 is 18.9 Å². The number of hydrogen-bond donors (Lipinski definition) is 0. The van der Waals surface area contributed by atoms with E-state index in [9.17, 15) is 4.21 Å². The Balaban J connectivity index is 3.63. The van der Waals surface area contributed by atoms with Gasteiger partial charge in [0.1, 0.15) is 0 Å². The topological polar surface area (TPSA) is 17.1 Å². The molecule has 0 bridgehead atoms. The number of hydrogen-bond acceptors (Lipinski definition) is 1. The normalized spacial score (nSPS) is 15.6. The van der Waals surface area contributed by atoms with Crippen LogP contribution < -0.4 is 0 Å². The van der Waals surface area contributed by atoms with Gasteiger partial charge >= 0.3 is 0 Å². The van der Waals surface area contributed by atoms with E-state index in [0.29, 0.717) is 0 Å². The van der Waals surface area contributed by atoms with Crippen molar-refractivity contribution in [1.82, 2.24) is 0 Å². The first kappa shape index (κ1) is 11.1. The summed E-state index contributed by atoms with van der Waals surface area (Å²) < 4.78 is 11.1. The van der Waals surface area contributed by atoms with Crippen molar-refractivity contribution in [2.24, 2.45) is 0 Å². The van der Waals surface area contributed by atoms with E-state index in [2.05, 4.69) is 19.6 Å². The second-order valence-electron chi connectivity index (χ2n) is 3.86. The molecule has 0 amide bonds. The summed E-state index contributed by atoms with van der Waals surface area (Å²) in [7, 11) is -1.69. The SMILES string of the molecule is C/C=C/S(=O)CC[Si](C)(C)C. The minimum Gasteiger partial charge on any atom is -0.255 e. The first-order valence-corrected chi connectivity index (χ1v) is 9.04. The zero-order valence-electron chi connectivity index (χ0n) is 7.89. The van der Waals surface area contributed by atoms with Gasteiger partial charge in [-0.3, -0.25) is 4.21 Å². The van der Waals surface area contributed by atoms with Crippen LogP contribution in [0.5, 0.6) is 0 Å². The van der Waals surface area contributed by atoms with E-state index in [1.165, 1.54) is 0 Å². The van der Waals surface area contributed by atoms with Gasteiger partial charge in [0.2, 0.25) is 0 Å². The van der Waals surface area contributed by atoms with Gasteiger partial charge in [-0.2, -0.15) is 0 Å². The molecule has 1 atom stereocenters. The van der Waals surface area contributed by atoms with Crippen molar-refractivity contribution >= 4 is 18.9 Å². The predicted molar refractivity (Wildman–Crippen MR) is 56.0 cm³/mol. The maximum atomic E-state index is 11.1. The Kier molecular flexibility index (Phi) is 4.93. The molecule has 0 saturated carbocycles. The minimum absolute atomic E-state index is 0.712. The molecular formula is C8H18OSSi. The summed E-state index contributed by atoms with van der Waals surface area (Å²) in [4.78, 5) is 0. The lowest BCUT2D eigenvalue weighted by Gasteiger charge is -2.13. The van der Waals surface area contributed by atoms with E-state index in [-0.39, 0.29) is 0 Å². The lowest BCUT2D eigenvalue weighted by Crippen LogP contribution is -2.21. The van der Waals surface area contributed by atoms with Gasteiger partial charge in [0.05, 0.1) is 0 Å². The van der Waals surface area contributed by atoms with Crippen molar-refractivity contribution in [2.45, 2.75) is 32.6 Å². The average Bonchev–Trinajstić information content (AvgIpc) is 1.83. The highest BCUT2D eigenvalue weighted by Gasteiger charge is 2.12. The largest absolute Gasteiger partial charge is 0.255 e. The highest BCUT2D eigenvalue weighted by molar-refractivity contribution is 7.88. The maximum absolute atomic E-state index is 11.1. The van der Waals surface area contributed by atoms with Crippen molar-refractivity contribution in [3.05, 3.63) is 11.5 Å². The quantitative estimate of drug-likeness (QED) is 0.623. The second kappa shape index (κ2) is 4.88. The van der Waals surface area contributed by atoms with E-state index >= 15 is 0 Å². The lowest BCUT2D eigenvalue weighted by molar-refractivity contribution is 0.689. The molecule has 0 fully saturated rings. The van der Waals surface area contributed by atoms with E-state index in [4.69, 9.17) is 0 Å². The molecule has 0 N–H and O–H groups in total. The van der Waals surface area contributed by atoms with Gasteiger partial charge in [-0.15, -0.1) is 0 Å². The molecule has 1 unspecified atom stereocenters. The van der Waals surface area contributed by atoms with Crippen LogP contribution in [-0.4, -0.2) is 18.0 Å².